The van der Waals surface area contributed by atoms with Gasteiger partial charge in [-0.05, 0) is 68.1 Å². The molecule has 0 heterocycles. The van der Waals surface area contributed by atoms with Crippen LogP contribution in [-0.2, 0) is 12.4 Å². The number of benzene rings is 2. The first-order chi connectivity index (χ1) is 16.4. The molecule has 0 bridgehead atoms. The van der Waals surface area contributed by atoms with Crippen molar-refractivity contribution < 1.29 is 31.1 Å². The van der Waals surface area contributed by atoms with Crippen molar-refractivity contribution in [2.75, 3.05) is 10.6 Å². The van der Waals surface area contributed by atoms with Crippen molar-refractivity contribution in [1.82, 2.24) is 0 Å². The van der Waals surface area contributed by atoms with Gasteiger partial charge in [0.2, 0.25) is 0 Å². The summed E-state index contributed by atoms with van der Waals surface area (Å²) in [6.07, 6.45) is -6.95. The van der Waals surface area contributed by atoms with Crippen LogP contribution in [0.15, 0.2) is 58.1 Å². The van der Waals surface area contributed by atoms with Crippen molar-refractivity contribution in [2.45, 2.75) is 50.2 Å². The summed E-state index contributed by atoms with van der Waals surface area (Å²) in [4.78, 5) is 24.1. The summed E-state index contributed by atoms with van der Waals surface area (Å²) < 4.78 is 82.6. The molecule has 0 unspecified atom stereocenters. The second-order valence-electron chi connectivity index (χ2n) is 8.37. The zero-order chi connectivity index (χ0) is 25.4. The van der Waals surface area contributed by atoms with Crippen molar-refractivity contribution in [3.05, 3.63) is 80.1 Å². The van der Waals surface area contributed by atoms with Gasteiger partial charge in [-0.25, -0.2) is 0 Å². The summed E-state index contributed by atoms with van der Waals surface area (Å²) in [5.41, 5.74) is -3.24. The minimum Gasteiger partial charge on any atom is -0.490 e. The van der Waals surface area contributed by atoms with Crippen LogP contribution in [0.2, 0.25) is 0 Å². The summed E-state index contributed by atoms with van der Waals surface area (Å²) in [5, 5.41) is 5.61. The quantitative estimate of drug-likeness (QED) is 0.329. The van der Waals surface area contributed by atoms with Crippen LogP contribution >= 0.6 is 0 Å². The molecule has 11 heteroatoms. The molecule has 3 aromatic carbocycles. The van der Waals surface area contributed by atoms with Gasteiger partial charge in [0.25, 0.3) is 10.9 Å². The Morgan fingerprint density at radius 1 is 0.743 bits per heavy atom. The first-order valence-electron chi connectivity index (χ1n) is 10.8. The number of nitrogens with one attached hydrogen (secondary N) is 2. The van der Waals surface area contributed by atoms with E-state index in [2.05, 4.69) is 10.6 Å². The largest absolute Gasteiger partial charge is 0.490 e. The minimum atomic E-state index is -4.55. The van der Waals surface area contributed by atoms with Gasteiger partial charge in [-0.2, -0.15) is 26.3 Å². The predicted octanol–water partition coefficient (Wildman–Crippen LogP) is 5.87. The highest BCUT2D eigenvalue weighted by atomic mass is 19.4. The maximum Gasteiger partial charge on any atom is 0.416 e. The predicted molar refractivity (Wildman–Crippen MR) is 118 cm³/mol. The Bertz CT molecular complexity index is 1250. The van der Waals surface area contributed by atoms with E-state index < -0.39 is 34.3 Å². The number of halogens is 6. The Kier molecular flexibility index (Phi) is 6.52. The van der Waals surface area contributed by atoms with Gasteiger partial charge in [0.15, 0.2) is 0 Å². The third-order valence-corrected chi connectivity index (χ3v) is 5.88. The average Bonchev–Trinajstić information content (AvgIpc) is 2.81. The van der Waals surface area contributed by atoms with E-state index in [9.17, 15) is 35.9 Å². The summed E-state index contributed by atoms with van der Waals surface area (Å²) in [6, 6.07) is 8.57. The molecule has 35 heavy (non-hydrogen) atoms. The van der Waals surface area contributed by atoms with Gasteiger partial charge in [-0.15, -0.1) is 0 Å². The van der Waals surface area contributed by atoms with E-state index >= 15 is 0 Å². The first kappa shape index (κ1) is 24.6. The van der Waals surface area contributed by atoms with E-state index in [4.69, 9.17) is 4.74 Å². The molecule has 0 aromatic heterocycles. The van der Waals surface area contributed by atoms with E-state index in [1.165, 1.54) is 24.3 Å². The Labute approximate surface area is 195 Å². The van der Waals surface area contributed by atoms with E-state index in [1.54, 1.807) is 0 Å². The summed E-state index contributed by atoms with van der Waals surface area (Å²) >= 11 is 0. The van der Waals surface area contributed by atoms with Crippen molar-refractivity contribution >= 4 is 17.1 Å². The van der Waals surface area contributed by atoms with Gasteiger partial charge in [-0.3, -0.25) is 9.59 Å². The van der Waals surface area contributed by atoms with E-state index in [0.717, 1.165) is 24.3 Å². The third-order valence-electron chi connectivity index (χ3n) is 5.88. The number of alkyl halides is 6. The lowest BCUT2D eigenvalue weighted by atomic mass is 9.92. The minimum absolute atomic E-state index is 0.0273. The molecule has 1 aliphatic carbocycles. The summed E-state index contributed by atoms with van der Waals surface area (Å²) in [5.74, 6) is 0.324. The van der Waals surface area contributed by atoms with E-state index in [0.29, 0.717) is 31.4 Å². The molecule has 0 spiro atoms. The van der Waals surface area contributed by atoms with Crippen LogP contribution in [0.1, 0.15) is 36.8 Å². The number of anilines is 3. The van der Waals surface area contributed by atoms with Crippen molar-refractivity contribution in [3.63, 3.8) is 0 Å². The highest BCUT2D eigenvalue weighted by Crippen LogP contribution is 2.33. The number of rotatable bonds is 6. The molecule has 1 fully saturated rings. The molecular formula is C24H20F6N2O3. The average molecular weight is 498 g/mol. The molecule has 2 N–H and O–H groups in total. The monoisotopic (exact) mass is 498 g/mol. The molecule has 0 atom stereocenters. The van der Waals surface area contributed by atoms with Crippen LogP contribution in [0.5, 0.6) is 5.75 Å². The Hall–Kier alpha value is -3.50. The molecular weight excluding hydrogens is 478 g/mol. The first-order valence-corrected chi connectivity index (χ1v) is 10.8. The normalized spacial score (nSPS) is 18.9. The van der Waals surface area contributed by atoms with Crippen molar-refractivity contribution in [2.24, 2.45) is 0 Å². The van der Waals surface area contributed by atoms with Gasteiger partial charge in [0.1, 0.15) is 17.1 Å². The number of hydrogen-bond donors (Lipinski definition) is 2. The maximum atomic E-state index is 12.9. The second kappa shape index (κ2) is 9.27. The second-order valence-corrected chi connectivity index (χ2v) is 8.37. The van der Waals surface area contributed by atoms with Crippen LogP contribution in [0.3, 0.4) is 0 Å². The van der Waals surface area contributed by atoms with Crippen LogP contribution in [0.25, 0.3) is 0 Å². The molecule has 0 saturated heterocycles. The van der Waals surface area contributed by atoms with Gasteiger partial charge in [0, 0.05) is 11.7 Å². The summed E-state index contributed by atoms with van der Waals surface area (Å²) in [6.45, 7) is 0. The summed E-state index contributed by atoms with van der Waals surface area (Å²) in [7, 11) is 0. The lowest BCUT2D eigenvalue weighted by molar-refractivity contribution is -0.138. The van der Waals surface area contributed by atoms with E-state index in [1.807, 2.05) is 0 Å². The molecule has 186 valence electrons. The third kappa shape index (κ3) is 5.60. The zero-order valence-corrected chi connectivity index (χ0v) is 18.1. The van der Waals surface area contributed by atoms with Crippen LogP contribution in [0.4, 0.5) is 43.4 Å². The number of ether oxygens (including phenoxy) is 1. The fourth-order valence-electron chi connectivity index (χ4n) is 4.01. The maximum absolute atomic E-state index is 12.9. The molecule has 1 aliphatic rings. The molecule has 5 nitrogen and oxygen atoms in total. The Morgan fingerprint density at radius 2 is 1.34 bits per heavy atom. The highest BCUT2D eigenvalue weighted by Gasteiger charge is 2.32. The highest BCUT2D eigenvalue weighted by molar-refractivity contribution is 5.79. The molecule has 4 rings (SSSR count). The van der Waals surface area contributed by atoms with Gasteiger partial charge in [0.05, 0.1) is 17.2 Å². The fraction of sp³-hybridized carbons (Fsp3) is 0.333. The fourth-order valence-corrected chi connectivity index (χ4v) is 4.01. The smallest absolute Gasteiger partial charge is 0.416 e. The van der Waals surface area contributed by atoms with E-state index in [-0.39, 0.29) is 29.2 Å². The molecule has 0 amide bonds. The molecule has 3 aromatic rings. The lowest BCUT2D eigenvalue weighted by Crippen LogP contribution is -2.40. The Balaban J connectivity index is 1.34. The van der Waals surface area contributed by atoms with Crippen LogP contribution in [0, 0.1) is 0 Å². The van der Waals surface area contributed by atoms with Crippen molar-refractivity contribution in [3.8, 4) is 5.75 Å². The standard InChI is InChI=1S/C24H20F6N2O3/c25-23(26,27)13-4-8-17(9-5-13)35-18-10-6-15(7-11-18)31-19-20(22(34)21(19)33)32-16-3-1-2-14(12-16)24(28,29)30/h1-5,8-9,12,15,18,31-32H,6-7,10-11H2. The molecule has 1 saturated carbocycles. The molecule has 0 radical (unpaired) electrons. The Morgan fingerprint density at radius 3 is 1.94 bits per heavy atom. The SMILES string of the molecule is O=c1c(Nc2cccc(C(F)(F)F)c2)c(NC2CCC(Oc3ccc(C(F)(F)F)cc3)CC2)c1=O. The zero-order valence-electron chi connectivity index (χ0n) is 18.1. The van der Waals surface area contributed by atoms with Crippen LogP contribution in [-0.4, -0.2) is 12.1 Å². The topological polar surface area (TPSA) is 67.4 Å². The number of hydrogen-bond acceptors (Lipinski definition) is 5. The van der Waals surface area contributed by atoms with Gasteiger partial charge < -0.3 is 15.4 Å². The molecule has 0 aliphatic heterocycles. The van der Waals surface area contributed by atoms with Crippen molar-refractivity contribution in [1.29, 1.82) is 0 Å². The van der Waals surface area contributed by atoms with Crippen LogP contribution < -0.4 is 26.2 Å². The lowest BCUT2D eigenvalue weighted by Gasteiger charge is -2.31. The van der Waals surface area contributed by atoms with Gasteiger partial charge >= 0.3 is 12.4 Å². The van der Waals surface area contributed by atoms with Gasteiger partial charge in [-0.1, -0.05) is 6.07 Å².